The van der Waals surface area contributed by atoms with E-state index < -0.39 is 5.92 Å². The van der Waals surface area contributed by atoms with Crippen molar-refractivity contribution in [3.05, 3.63) is 11.6 Å². The smallest absolute Gasteiger partial charge is 0.262 e. The molecule has 0 aromatic carbocycles. The van der Waals surface area contributed by atoms with Crippen molar-refractivity contribution in [2.75, 3.05) is 6.54 Å². The summed E-state index contributed by atoms with van der Waals surface area (Å²) in [5.41, 5.74) is 1.53. The van der Waals surface area contributed by atoms with Crippen LogP contribution in [-0.4, -0.2) is 24.1 Å². The first-order valence-electron chi connectivity index (χ1n) is 3.76. The van der Waals surface area contributed by atoms with Crippen LogP contribution in [-0.2, 0) is 9.59 Å². The van der Waals surface area contributed by atoms with Crippen LogP contribution in [0.4, 0.5) is 0 Å². The molecule has 1 fully saturated rings. The number of dihydropyridines is 1. The Morgan fingerprint density at radius 1 is 1.58 bits per heavy atom. The summed E-state index contributed by atoms with van der Waals surface area (Å²) in [5.74, 6) is -1.18. The standard InChI is InChI=1S/C8H8N2O2/c1-4-2-5-3-9-7(11)6(5)8(12)10-4/h2,6H,3H2,1H3,(H,9,11). The average molecular weight is 164 g/mol. The number of rotatable bonds is 0. The Bertz CT molecular complexity index is 328. The van der Waals surface area contributed by atoms with E-state index in [1.54, 1.807) is 13.0 Å². The highest BCUT2D eigenvalue weighted by atomic mass is 16.2. The summed E-state index contributed by atoms with van der Waals surface area (Å²) in [4.78, 5) is 26.0. The highest BCUT2D eigenvalue weighted by Gasteiger charge is 2.37. The molecule has 1 N–H and O–H groups in total. The molecule has 0 saturated carbocycles. The van der Waals surface area contributed by atoms with Crippen LogP contribution in [0.5, 0.6) is 0 Å². The molecule has 12 heavy (non-hydrogen) atoms. The van der Waals surface area contributed by atoms with Gasteiger partial charge in [0.1, 0.15) is 5.92 Å². The molecule has 0 radical (unpaired) electrons. The van der Waals surface area contributed by atoms with Gasteiger partial charge in [0, 0.05) is 12.3 Å². The van der Waals surface area contributed by atoms with E-state index in [-0.39, 0.29) is 11.8 Å². The third-order valence-corrected chi connectivity index (χ3v) is 2.03. The van der Waals surface area contributed by atoms with Gasteiger partial charge in [-0.1, -0.05) is 0 Å². The molecule has 1 unspecified atom stereocenters. The SMILES string of the molecule is CC1=NC(=O)C2C(=O)NCC2=C1. The third kappa shape index (κ3) is 0.879. The van der Waals surface area contributed by atoms with E-state index in [0.717, 1.165) is 5.57 Å². The summed E-state index contributed by atoms with van der Waals surface area (Å²) < 4.78 is 0. The summed E-state index contributed by atoms with van der Waals surface area (Å²) in [6.45, 7) is 2.24. The van der Waals surface area contributed by atoms with Gasteiger partial charge >= 0.3 is 0 Å². The second kappa shape index (κ2) is 2.27. The van der Waals surface area contributed by atoms with E-state index in [2.05, 4.69) is 10.3 Å². The molecular formula is C8H8N2O2. The molecule has 4 nitrogen and oxygen atoms in total. The predicted molar refractivity (Wildman–Crippen MR) is 42.7 cm³/mol. The molecule has 0 bridgehead atoms. The fraction of sp³-hybridized carbons (Fsp3) is 0.375. The molecule has 0 aliphatic carbocycles. The van der Waals surface area contributed by atoms with E-state index in [9.17, 15) is 9.59 Å². The van der Waals surface area contributed by atoms with E-state index >= 15 is 0 Å². The molecule has 0 aromatic rings. The molecule has 2 aliphatic heterocycles. The summed E-state index contributed by atoms with van der Waals surface area (Å²) >= 11 is 0. The molecule has 0 aromatic heterocycles. The van der Waals surface area contributed by atoms with Crippen LogP contribution >= 0.6 is 0 Å². The Labute approximate surface area is 69.4 Å². The molecule has 0 spiro atoms. The maximum Gasteiger partial charge on any atom is 0.262 e. The minimum absolute atomic E-state index is 0.220. The van der Waals surface area contributed by atoms with Crippen LogP contribution in [0.25, 0.3) is 0 Å². The maximum atomic E-state index is 11.2. The van der Waals surface area contributed by atoms with Crippen LogP contribution in [0.3, 0.4) is 0 Å². The lowest BCUT2D eigenvalue weighted by atomic mass is 9.98. The Hall–Kier alpha value is -1.45. The molecule has 2 aliphatic rings. The van der Waals surface area contributed by atoms with Gasteiger partial charge < -0.3 is 5.32 Å². The Balaban J connectivity index is 2.43. The quantitative estimate of drug-likeness (QED) is 0.498. The zero-order valence-corrected chi connectivity index (χ0v) is 6.63. The van der Waals surface area contributed by atoms with Crippen molar-refractivity contribution in [1.82, 2.24) is 5.32 Å². The molecule has 62 valence electrons. The number of allylic oxidation sites excluding steroid dienone is 1. The Morgan fingerprint density at radius 3 is 3.08 bits per heavy atom. The second-order valence-electron chi connectivity index (χ2n) is 2.96. The van der Waals surface area contributed by atoms with Gasteiger partial charge in [-0.05, 0) is 18.6 Å². The highest BCUT2D eigenvalue weighted by Crippen LogP contribution is 2.21. The lowest BCUT2D eigenvalue weighted by Gasteiger charge is -2.09. The second-order valence-corrected chi connectivity index (χ2v) is 2.96. The number of fused-ring (bicyclic) bond motifs is 1. The Morgan fingerprint density at radius 2 is 2.33 bits per heavy atom. The fourth-order valence-electron chi connectivity index (χ4n) is 1.51. The molecule has 2 amide bonds. The van der Waals surface area contributed by atoms with Crippen molar-refractivity contribution in [3.63, 3.8) is 0 Å². The monoisotopic (exact) mass is 164 g/mol. The van der Waals surface area contributed by atoms with Gasteiger partial charge in [0.15, 0.2) is 0 Å². The van der Waals surface area contributed by atoms with Crippen molar-refractivity contribution in [2.24, 2.45) is 10.9 Å². The van der Waals surface area contributed by atoms with Gasteiger partial charge in [-0.25, -0.2) is 4.99 Å². The zero-order valence-electron chi connectivity index (χ0n) is 6.63. The van der Waals surface area contributed by atoms with Crippen LogP contribution in [0.15, 0.2) is 16.6 Å². The van der Waals surface area contributed by atoms with E-state index in [1.807, 2.05) is 0 Å². The molecule has 1 saturated heterocycles. The lowest BCUT2D eigenvalue weighted by molar-refractivity contribution is -0.130. The van der Waals surface area contributed by atoms with Gasteiger partial charge in [-0.2, -0.15) is 0 Å². The van der Waals surface area contributed by atoms with Gasteiger partial charge in [0.25, 0.3) is 5.91 Å². The van der Waals surface area contributed by atoms with E-state index in [0.29, 0.717) is 12.3 Å². The number of amides is 2. The van der Waals surface area contributed by atoms with Crippen LogP contribution in [0.2, 0.25) is 0 Å². The van der Waals surface area contributed by atoms with Gasteiger partial charge in [0.2, 0.25) is 5.91 Å². The maximum absolute atomic E-state index is 11.2. The first-order chi connectivity index (χ1) is 5.68. The largest absolute Gasteiger partial charge is 0.351 e. The van der Waals surface area contributed by atoms with E-state index in [4.69, 9.17) is 0 Å². The number of carbonyl (C=O) groups excluding carboxylic acids is 2. The minimum Gasteiger partial charge on any atom is -0.351 e. The molecule has 2 heterocycles. The number of hydrogen-bond donors (Lipinski definition) is 1. The molecule has 2 rings (SSSR count). The lowest BCUT2D eigenvalue weighted by Crippen LogP contribution is -2.26. The summed E-state index contributed by atoms with van der Waals surface area (Å²) in [7, 11) is 0. The topological polar surface area (TPSA) is 58.5 Å². The summed E-state index contributed by atoms with van der Waals surface area (Å²) in [5, 5.41) is 2.61. The van der Waals surface area contributed by atoms with Crippen molar-refractivity contribution in [2.45, 2.75) is 6.92 Å². The van der Waals surface area contributed by atoms with Crippen LogP contribution in [0, 0.1) is 5.92 Å². The van der Waals surface area contributed by atoms with Gasteiger partial charge in [0.05, 0.1) is 0 Å². The average Bonchev–Trinajstić information content (AvgIpc) is 2.31. The zero-order chi connectivity index (χ0) is 8.72. The van der Waals surface area contributed by atoms with Crippen molar-refractivity contribution in [1.29, 1.82) is 0 Å². The number of hydrogen-bond acceptors (Lipinski definition) is 2. The third-order valence-electron chi connectivity index (χ3n) is 2.03. The van der Waals surface area contributed by atoms with Crippen LogP contribution < -0.4 is 5.32 Å². The van der Waals surface area contributed by atoms with Crippen LogP contribution in [0.1, 0.15) is 6.92 Å². The number of carbonyl (C=O) groups is 2. The first-order valence-corrected chi connectivity index (χ1v) is 3.76. The Kier molecular flexibility index (Phi) is 1.36. The predicted octanol–water partition coefficient (Wildman–Crippen LogP) is -0.340. The van der Waals surface area contributed by atoms with Gasteiger partial charge in [-0.3, -0.25) is 9.59 Å². The summed E-state index contributed by atoms with van der Waals surface area (Å²) in [6.07, 6.45) is 1.80. The van der Waals surface area contributed by atoms with Gasteiger partial charge in [-0.15, -0.1) is 0 Å². The van der Waals surface area contributed by atoms with E-state index in [1.165, 1.54) is 0 Å². The number of nitrogens with one attached hydrogen (secondary N) is 1. The minimum atomic E-state index is -0.631. The molecule has 1 atom stereocenters. The van der Waals surface area contributed by atoms with Crippen molar-refractivity contribution in [3.8, 4) is 0 Å². The first kappa shape index (κ1) is 7.21. The van der Waals surface area contributed by atoms with Crippen molar-refractivity contribution < 1.29 is 9.59 Å². The highest BCUT2D eigenvalue weighted by molar-refractivity contribution is 6.15. The molecular weight excluding hydrogens is 156 g/mol. The molecule has 4 heteroatoms. The summed E-state index contributed by atoms with van der Waals surface area (Å²) in [6, 6.07) is 0. The van der Waals surface area contributed by atoms with Crippen molar-refractivity contribution >= 4 is 17.5 Å². The number of aliphatic imine (C=N–C) groups is 1. The fourth-order valence-corrected chi connectivity index (χ4v) is 1.51. The normalized spacial score (nSPS) is 27.6. The number of nitrogens with zero attached hydrogens (tertiary/aromatic N) is 1.